The monoisotopic (exact) mass is 259 g/mol. The van der Waals surface area contributed by atoms with E-state index in [4.69, 9.17) is 16.3 Å². The van der Waals surface area contributed by atoms with E-state index in [2.05, 4.69) is 12.2 Å². The molecule has 1 rings (SSSR count). The van der Waals surface area contributed by atoms with Crippen molar-refractivity contribution in [2.24, 2.45) is 0 Å². The van der Waals surface area contributed by atoms with Gasteiger partial charge in [-0.2, -0.15) is 0 Å². The van der Waals surface area contributed by atoms with Crippen LogP contribution in [0.25, 0.3) is 0 Å². The second-order valence-corrected chi connectivity index (χ2v) is 4.21. The Morgan fingerprint density at radius 2 is 2.18 bits per heavy atom. The second-order valence-electron chi connectivity index (χ2n) is 3.80. The average Bonchev–Trinajstić information content (AvgIpc) is 2.31. The minimum absolute atomic E-state index is 0.191. The Morgan fingerprint density at radius 1 is 1.41 bits per heavy atom. The first-order chi connectivity index (χ1) is 8.20. The van der Waals surface area contributed by atoms with Gasteiger partial charge in [0.2, 0.25) is 0 Å². The highest BCUT2D eigenvalue weighted by Crippen LogP contribution is 2.26. The number of rotatable bonds is 7. The Morgan fingerprint density at radius 3 is 2.76 bits per heavy atom. The van der Waals surface area contributed by atoms with Crippen LogP contribution in [-0.4, -0.2) is 19.8 Å². The van der Waals surface area contributed by atoms with Crippen LogP contribution < -0.4 is 5.32 Å². The summed E-state index contributed by atoms with van der Waals surface area (Å²) in [7, 11) is 0. The molecule has 0 aliphatic carbocycles. The zero-order valence-electron chi connectivity index (χ0n) is 10.3. The predicted octanol–water partition coefficient (Wildman–Crippen LogP) is 3.56. The van der Waals surface area contributed by atoms with E-state index in [9.17, 15) is 4.39 Å². The summed E-state index contributed by atoms with van der Waals surface area (Å²) < 4.78 is 19.1. The van der Waals surface area contributed by atoms with Crippen molar-refractivity contribution in [1.29, 1.82) is 0 Å². The lowest BCUT2D eigenvalue weighted by Crippen LogP contribution is -2.27. The first kappa shape index (κ1) is 14.4. The number of nitrogens with one attached hydrogen (secondary N) is 1. The molecule has 0 bridgehead atoms. The van der Waals surface area contributed by atoms with Crippen molar-refractivity contribution in [3.05, 3.63) is 34.6 Å². The van der Waals surface area contributed by atoms with E-state index in [1.807, 2.05) is 6.92 Å². The Bertz CT molecular complexity index is 318. The van der Waals surface area contributed by atoms with Gasteiger partial charge in [0.05, 0.1) is 12.6 Å². The minimum atomic E-state index is -0.286. The summed E-state index contributed by atoms with van der Waals surface area (Å²) in [6.07, 6.45) is 0.981. The summed E-state index contributed by atoms with van der Waals surface area (Å²) in [4.78, 5) is 0. The highest BCUT2D eigenvalue weighted by Gasteiger charge is 2.18. The molecule has 0 aliphatic heterocycles. The first-order valence-electron chi connectivity index (χ1n) is 5.95. The Kier molecular flexibility index (Phi) is 6.48. The number of halogens is 2. The van der Waals surface area contributed by atoms with E-state index >= 15 is 0 Å². The molecule has 96 valence electrons. The van der Waals surface area contributed by atoms with Gasteiger partial charge in [-0.05, 0) is 32.0 Å². The summed E-state index contributed by atoms with van der Waals surface area (Å²) in [5.41, 5.74) is 0.496. The van der Waals surface area contributed by atoms with Gasteiger partial charge in [0, 0.05) is 17.2 Å². The molecule has 0 radical (unpaired) electrons. The van der Waals surface area contributed by atoms with Crippen molar-refractivity contribution in [1.82, 2.24) is 5.32 Å². The molecule has 0 aromatic heterocycles. The van der Waals surface area contributed by atoms with Crippen LogP contribution in [0.1, 0.15) is 31.9 Å². The van der Waals surface area contributed by atoms with Crippen LogP contribution in [-0.2, 0) is 4.74 Å². The molecule has 1 aromatic carbocycles. The summed E-state index contributed by atoms with van der Waals surface area (Å²) >= 11 is 6.05. The molecule has 1 N–H and O–H groups in total. The normalized spacial score (nSPS) is 12.7. The summed E-state index contributed by atoms with van der Waals surface area (Å²) in [6, 6.07) is 4.54. The Labute approximate surface area is 107 Å². The lowest BCUT2D eigenvalue weighted by Gasteiger charge is -2.20. The van der Waals surface area contributed by atoms with Crippen LogP contribution in [0, 0.1) is 5.82 Å². The molecule has 4 heteroatoms. The summed E-state index contributed by atoms with van der Waals surface area (Å²) in [5, 5.41) is 3.70. The zero-order chi connectivity index (χ0) is 12.7. The molecule has 0 heterocycles. The van der Waals surface area contributed by atoms with Gasteiger partial charge in [0.25, 0.3) is 0 Å². The van der Waals surface area contributed by atoms with E-state index < -0.39 is 0 Å². The van der Waals surface area contributed by atoms with Gasteiger partial charge >= 0.3 is 0 Å². The fourth-order valence-electron chi connectivity index (χ4n) is 1.64. The lowest BCUT2D eigenvalue weighted by atomic mass is 10.1. The van der Waals surface area contributed by atoms with Crippen molar-refractivity contribution >= 4 is 11.6 Å². The largest absolute Gasteiger partial charge is 0.380 e. The smallest absolute Gasteiger partial charge is 0.129 e. The SMILES string of the molecule is CCCNC(COCC)c1c(F)cccc1Cl. The van der Waals surface area contributed by atoms with Crippen LogP contribution in [0.4, 0.5) is 4.39 Å². The van der Waals surface area contributed by atoms with Crippen molar-refractivity contribution in [3.63, 3.8) is 0 Å². The zero-order valence-corrected chi connectivity index (χ0v) is 11.1. The molecule has 0 aliphatic rings. The molecule has 0 fully saturated rings. The highest BCUT2D eigenvalue weighted by atomic mass is 35.5. The number of benzene rings is 1. The van der Waals surface area contributed by atoms with Crippen LogP contribution >= 0.6 is 11.6 Å². The molecule has 0 amide bonds. The lowest BCUT2D eigenvalue weighted by molar-refractivity contribution is 0.122. The Balaban J connectivity index is 2.86. The average molecular weight is 260 g/mol. The van der Waals surface area contributed by atoms with Crippen molar-refractivity contribution in [2.75, 3.05) is 19.8 Å². The van der Waals surface area contributed by atoms with Crippen LogP contribution in [0.2, 0.25) is 5.02 Å². The first-order valence-corrected chi connectivity index (χ1v) is 6.33. The quantitative estimate of drug-likeness (QED) is 0.809. The van der Waals surface area contributed by atoms with E-state index in [1.54, 1.807) is 12.1 Å². The second kappa shape index (κ2) is 7.64. The van der Waals surface area contributed by atoms with E-state index in [0.29, 0.717) is 23.8 Å². The van der Waals surface area contributed by atoms with Crippen LogP contribution in [0.15, 0.2) is 18.2 Å². The summed E-state index contributed by atoms with van der Waals surface area (Å²) in [6.45, 7) is 5.82. The van der Waals surface area contributed by atoms with Crippen molar-refractivity contribution < 1.29 is 9.13 Å². The maximum Gasteiger partial charge on any atom is 0.129 e. The molecule has 1 atom stereocenters. The van der Waals surface area contributed by atoms with Gasteiger partial charge in [0.1, 0.15) is 5.82 Å². The molecule has 0 saturated carbocycles. The van der Waals surface area contributed by atoms with Gasteiger partial charge in [-0.25, -0.2) is 4.39 Å². The maximum atomic E-state index is 13.8. The minimum Gasteiger partial charge on any atom is -0.380 e. The predicted molar refractivity (Wildman–Crippen MR) is 68.9 cm³/mol. The molecule has 1 aromatic rings. The fraction of sp³-hybridized carbons (Fsp3) is 0.538. The topological polar surface area (TPSA) is 21.3 Å². The highest BCUT2D eigenvalue weighted by molar-refractivity contribution is 6.31. The molecule has 0 saturated heterocycles. The van der Waals surface area contributed by atoms with Crippen molar-refractivity contribution in [2.45, 2.75) is 26.3 Å². The summed E-state index contributed by atoms with van der Waals surface area (Å²) in [5.74, 6) is -0.286. The number of ether oxygens (including phenoxy) is 1. The maximum absolute atomic E-state index is 13.8. The molecule has 1 unspecified atom stereocenters. The van der Waals surface area contributed by atoms with Gasteiger partial charge in [-0.15, -0.1) is 0 Å². The van der Waals surface area contributed by atoms with E-state index in [-0.39, 0.29) is 11.9 Å². The molecule has 2 nitrogen and oxygen atoms in total. The third kappa shape index (κ3) is 4.26. The fourth-order valence-corrected chi connectivity index (χ4v) is 1.94. The van der Waals surface area contributed by atoms with Crippen LogP contribution in [0.3, 0.4) is 0 Å². The molecule has 0 spiro atoms. The van der Waals surface area contributed by atoms with Gasteiger partial charge in [-0.1, -0.05) is 24.6 Å². The standard InChI is InChI=1S/C13H19ClFNO/c1-3-8-16-12(9-17-4-2)13-10(14)6-5-7-11(13)15/h5-7,12,16H,3-4,8-9H2,1-2H3. The number of hydrogen-bond acceptors (Lipinski definition) is 2. The third-order valence-corrected chi connectivity index (χ3v) is 2.81. The molecule has 17 heavy (non-hydrogen) atoms. The van der Waals surface area contributed by atoms with Gasteiger partial charge < -0.3 is 10.1 Å². The third-order valence-electron chi connectivity index (χ3n) is 2.48. The Hall–Kier alpha value is -0.640. The van der Waals surface area contributed by atoms with Gasteiger partial charge in [0.15, 0.2) is 0 Å². The van der Waals surface area contributed by atoms with Crippen LogP contribution in [0.5, 0.6) is 0 Å². The van der Waals surface area contributed by atoms with Gasteiger partial charge in [-0.3, -0.25) is 0 Å². The van der Waals surface area contributed by atoms with E-state index in [1.165, 1.54) is 6.07 Å². The number of hydrogen-bond donors (Lipinski definition) is 1. The molecular weight excluding hydrogens is 241 g/mol. The van der Waals surface area contributed by atoms with Crippen molar-refractivity contribution in [3.8, 4) is 0 Å². The van der Waals surface area contributed by atoms with E-state index in [0.717, 1.165) is 13.0 Å². The molecular formula is C13H19ClFNO.